The molecule has 1 heterocycles. The number of aromatic nitrogens is 1. The summed E-state index contributed by atoms with van der Waals surface area (Å²) < 4.78 is 70.1. The molecule has 118 valence electrons. The molecule has 0 aliphatic heterocycles. The number of hydrogen-bond donors (Lipinski definition) is 1. The number of ether oxygens (including phenoxy) is 2. The van der Waals surface area contributed by atoms with Crippen molar-refractivity contribution in [3.8, 4) is 5.88 Å². The summed E-state index contributed by atoms with van der Waals surface area (Å²) in [5, 5.41) is 0. The SMILES string of the molecule is CCOC(=O)Cc1cc(=O)[nH]c(OC(F)(F)F)c1C(F)F. The quantitative estimate of drug-likeness (QED) is 0.669. The highest BCUT2D eigenvalue weighted by Crippen LogP contribution is 2.33. The van der Waals surface area contributed by atoms with E-state index in [2.05, 4.69) is 9.47 Å². The number of aromatic amines is 1. The number of alkyl halides is 5. The van der Waals surface area contributed by atoms with E-state index in [-0.39, 0.29) is 6.61 Å². The third-order valence-electron chi connectivity index (χ3n) is 2.21. The Labute approximate surface area is 114 Å². The molecule has 0 bridgehead atoms. The minimum atomic E-state index is -5.27. The van der Waals surface area contributed by atoms with Crippen molar-refractivity contribution >= 4 is 5.97 Å². The summed E-state index contributed by atoms with van der Waals surface area (Å²) in [6.07, 6.45) is -9.43. The van der Waals surface area contributed by atoms with E-state index in [1.54, 1.807) is 0 Å². The molecule has 0 saturated carbocycles. The second kappa shape index (κ2) is 6.55. The van der Waals surface area contributed by atoms with Crippen LogP contribution in [0.3, 0.4) is 0 Å². The number of H-pyrrole nitrogens is 1. The van der Waals surface area contributed by atoms with E-state index in [1.807, 2.05) is 0 Å². The standard InChI is InChI=1S/C11H10F5NO4/c1-2-20-7(19)4-5-3-6(18)17-10(8(5)9(12)13)21-11(14,15)16/h3,9H,2,4H2,1H3,(H,17,18). The third-order valence-corrected chi connectivity index (χ3v) is 2.21. The molecule has 0 aliphatic rings. The van der Waals surface area contributed by atoms with Gasteiger partial charge < -0.3 is 9.47 Å². The first-order valence-electron chi connectivity index (χ1n) is 5.59. The molecule has 0 atom stereocenters. The summed E-state index contributed by atoms with van der Waals surface area (Å²) in [5.41, 5.74) is -2.91. The fraction of sp³-hybridized carbons (Fsp3) is 0.455. The molecular weight excluding hydrogens is 305 g/mol. The highest BCUT2D eigenvalue weighted by molar-refractivity contribution is 5.73. The molecule has 0 aromatic carbocycles. The van der Waals surface area contributed by atoms with Gasteiger partial charge in [0.1, 0.15) is 0 Å². The van der Waals surface area contributed by atoms with Crippen LogP contribution in [-0.2, 0) is 16.0 Å². The number of nitrogens with one attached hydrogen (secondary N) is 1. The van der Waals surface area contributed by atoms with E-state index in [4.69, 9.17) is 0 Å². The molecule has 1 rings (SSSR count). The zero-order valence-corrected chi connectivity index (χ0v) is 10.6. The number of halogens is 5. The van der Waals surface area contributed by atoms with Gasteiger partial charge in [-0.15, -0.1) is 13.2 Å². The van der Waals surface area contributed by atoms with Gasteiger partial charge in [-0.25, -0.2) is 8.78 Å². The van der Waals surface area contributed by atoms with Crippen LogP contribution in [0.2, 0.25) is 0 Å². The van der Waals surface area contributed by atoms with Crippen LogP contribution in [0.5, 0.6) is 5.88 Å². The Morgan fingerprint density at radius 1 is 1.38 bits per heavy atom. The Hall–Kier alpha value is -2.13. The van der Waals surface area contributed by atoms with Crippen LogP contribution in [-0.4, -0.2) is 23.9 Å². The van der Waals surface area contributed by atoms with Crippen LogP contribution in [0.25, 0.3) is 0 Å². The molecular formula is C11H10F5NO4. The predicted molar refractivity (Wildman–Crippen MR) is 59.0 cm³/mol. The molecule has 21 heavy (non-hydrogen) atoms. The topological polar surface area (TPSA) is 68.4 Å². The van der Waals surface area contributed by atoms with Gasteiger partial charge in [0.25, 0.3) is 12.0 Å². The van der Waals surface area contributed by atoms with Gasteiger partial charge in [-0.2, -0.15) is 0 Å². The summed E-state index contributed by atoms with van der Waals surface area (Å²) >= 11 is 0. The van der Waals surface area contributed by atoms with Crippen molar-refractivity contribution in [1.82, 2.24) is 4.98 Å². The van der Waals surface area contributed by atoms with Crippen LogP contribution in [0, 0.1) is 0 Å². The van der Waals surface area contributed by atoms with Crippen LogP contribution < -0.4 is 10.3 Å². The van der Waals surface area contributed by atoms with Gasteiger partial charge in [-0.3, -0.25) is 14.6 Å². The number of pyridine rings is 1. The second-order valence-corrected chi connectivity index (χ2v) is 3.73. The highest BCUT2D eigenvalue weighted by atomic mass is 19.4. The molecule has 0 unspecified atom stereocenters. The fourth-order valence-corrected chi connectivity index (χ4v) is 1.55. The zero-order chi connectivity index (χ0) is 16.2. The van der Waals surface area contributed by atoms with Gasteiger partial charge in [0.15, 0.2) is 0 Å². The molecule has 10 heteroatoms. The molecule has 0 fully saturated rings. The number of esters is 1. The average Bonchev–Trinajstić information content (AvgIpc) is 2.24. The van der Waals surface area contributed by atoms with Gasteiger partial charge >= 0.3 is 12.3 Å². The Morgan fingerprint density at radius 2 is 2.00 bits per heavy atom. The van der Waals surface area contributed by atoms with Crippen molar-refractivity contribution in [3.05, 3.63) is 27.5 Å². The number of hydrogen-bond acceptors (Lipinski definition) is 4. The maximum Gasteiger partial charge on any atom is 0.574 e. The summed E-state index contributed by atoms with van der Waals surface area (Å²) in [7, 11) is 0. The van der Waals surface area contributed by atoms with Crippen LogP contribution in [0.1, 0.15) is 24.5 Å². The lowest BCUT2D eigenvalue weighted by molar-refractivity contribution is -0.276. The first kappa shape index (κ1) is 16.9. The van der Waals surface area contributed by atoms with Gasteiger partial charge in [-0.05, 0) is 12.5 Å². The van der Waals surface area contributed by atoms with Crippen molar-refractivity contribution in [3.63, 3.8) is 0 Å². The van der Waals surface area contributed by atoms with Gasteiger partial charge in [0.2, 0.25) is 5.88 Å². The monoisotopic (exact) mass is 315 g/mol. The lowest BCUT2D eigenvalue weighted by Gasteiger charge is -2.15. The molecule has 0 radical (unpaired) electrons. The molecule has 0 spiro atoms. The van der Waals surface area contributed by atoms with E-state index >= 15 is 0 Å². The summed E-state index contributed by atoms with van der Waals surface area (Å²) in [6.45, 7) is 1.42. The van der Waals surface area contributed by atoms with Crippen molar-refractivity contribution in [2.24, 2.45) is 0 Å². The molecule has 1 N–H and O–H groups in total. The maximum atomic E-state index is 12.9. The van der Waals surface area contributed by atoms with E-state index in [0.29, 0.717) is 6.07 Å². The van der Waals surface area contributed by atoms with Crippen LogP contribution in [0.4, 0.5) is 22.0 Å². The number of carbonyl (C=O) groups is 1. The van der Waals surface area contributed by atoms with Gasteiger partial charge in [0, 0.05) is 6.07 Å². The number of rotatable bonds is 5. The molecule has 0 amide bonds. The normalized spacial score (nSPS) is 11.6. The molecule has 5 nitrogen and oxygen atoms in total. The van der Waals surface area contributed by atoms with E-state index in [1.165, 1.54) is 11.9 Å². The zero-order valence-electron chi connectivity index (χ0n) is 10.6. The Morgan fingerprint density at radius 3 is 2.48 bits per heavy atom. The largest absolute Gasteiger partial charge is 0.574 e. The van der Waals surface area contributed by atoms with Crippen LogP contribution in [0.15, 0.2) is 10.9 Å². The molecule has 0 aliphatic carbocycles. The Balaban J connectivity index is 3.29. The first-order valence-corrected chi connectivity index (χ1v) is 5.59. The molecule has 1 aromatic rings. The van der Waals surface area contributed by atoms with Crippen molar-refractivity contribution in [2.75, 3.05) is 6.61 Å². The van der Waals surface area contributed by atoms with Crippen LogP contribution >= 0.6 is 0 Å². The predicted octanol–water partition coefficient (Wildman–Crippen LogP) is 2.32. The second-order valence-electron chi connectivity index (χ2n) is 3.73. The van der Waals surface area contributed by atoms with Gasteiger partial charge in [-0.1, -0.05) is 0 Å². The average molecular weight is 315 g/mol. The van der Waals surface area contributed by atoms with E-state index in [9.17, 15) is 31.5 Å². The maximum absolute atomic E-state index is 12.9. The van der Waals surface area contributed by atoms with E-state index in [0.717, 1.165) is 0 Å². The van der Waals surface area contributed by atoms with Crippen molar-refractivity contribution < 1.29 is 36.2 Å². The van der Waals surface area contributed by atoms with Crippen molar-refractivity contribution in [1.29, 1.82) is 0 Å². The Kier molecular flexibility index (Phi) is 5.28. The van der Waals surface area contributed by atoms with Crippen molar-refractivity contribution in [2.45, 2.75) is 26.1 Å². The first-order chi connectivity index (χ1) is 9.64. The minimum Gasteiger partial charge on any atom is -0.466 e. The number of carbonyl (C=O) groups excluding carboxylic acids is 1. The fourth-order valence-electron chi connectivity index (χ4n) is 1.55. The molecule has 1 aromatic heterocycles. The lowest BCUT2D eigenvalue weighted by Crippen LogP contribution is -2.23. The lowest BCUT2D eigenvalue weighted by atomic mass is 10.1. The van der Waals surface area contributed by atoms with Gasteiger partial charge in [0.05, 0.1) is 18.6 Å². The minimum absolute atomic E-state index is 0.0437. The highest BCUT2D eigenvalue weighted by Gasteiger charge is 2.35. The summed E-state index contributed by atoms with van der Waals surface area (Å²) in [5.74, 6) is -2.40. The molecule has 0 saturated heterocycles. The summed E-state index contributed by atoms with van der Waals surface area (Å²) in [4.78, 5) is 24.0. The third kappa shape index (κ3) is 5.04. The summed E-state index contributed by atoms with van der Waals surface area (Å²) in [6, 6.07) is 0.599. The smallest absolute Gasteiger partial charge is 0.466 e. The Bertz CT molecular complexity index is 567. The van der Waals surface area contributed by atoms with E-state index < -0.39 is 47.7 Å².